The van der Waals surface area contributed by atoms with Crippen LogP contribution in [0.2, 0.25) is 0 Å². The van der Waals surface area contributed by atoms with Crippen molar-refractivity contribution in [3.8, 4) is 11.5 Å². The summed E-state index contributed by atoms with van der Waals surface area (Å²) in [6.45, 7) is 4.06. The number of halogens is 2. The van der Waals surface area contributed by atoms with Crippen LogP contribution >= 0.6 is 0 Å². The lowest BCUT2D eigenvalue weighted by Crippen LogP contribution is -2.24. The van der Waals surface area contributed by atoms with E-state index in [0.29, 0.717) is 23.7 Å². The zero-order valence-electron chi connectivity index (χ0n) is 14.9. The Morgan fingerprint density at radius 2 is 1.92 bits per heavy atom. The highest BCUT2D eigenvalue weighted by molar-refractivity contribution is 5.92. The fraction of sp³-hybridized carbons (Fsp3) is 0.250. The fourth-order valence-electron chi connectivity index (χ4n) is 2.36. The normalized spacial score (nSPS) is 12.0. The number of benzene rings is 2. The summed E-state index contributed by atoms with van der Waals surface area (Å²) in [7, 11) is 1.56. The summed E-state index contributed by atoms with van der Waals surface area (Å²) in [6.07, 6.45) is 3.00. The van der Waals surface area contributed by atoms with Gasteiger partial charge in [0.2, 0.25) is 5.91 Å². The lowest BCUT2D eigenvalue weighted by atomic mass is 10.1. The average Bonchev–Trinajstić information content (AvgIpc) is 2.62. The molecule has 0 aliphatic carbocycles. The molecule has 2 aromatic carbocycles. The van der Waals surface area contributed by atoms with Gasteiger partial charge in [0, 0.05) is 6.08 Å². The topological polar surface area (TPSA) is 47.6 Å². The van der Waals surface area contributed by atoms with Gasteiger partial charge in [0.05, 0.1) is 19.8 Å². The van der Waals surface area contributed by atoms with E-state index in [1.54, 1.807) is 38.3 Å². The molecule has 1 unspecified atom stereocenters. The number of hydrogen-bond donors (Lipinski definition) is 1. The van der Waals surface area contributed by atoms with Crippen molar-refractivity contribution in [1.29, 1.82) is 0 Å². The standard InChI is InChI=1S/C20H21F2NO3/c1-4-26-19-11-14(5-9-18(19)25-3)6-10-20(24)23-13(2)15-7-8-16(21)17(22)12-15/h5-13H,4H2,1-3H3,(H,23,24)/b10-6+. The van der Waals surface area contributed by atoms with Crippen LogP contribution in [0.4, 0.5) is 8.78 Å². The second-order valence-corrected chi connectivity index (χ2v) is 5.58. The maximum atomic E-state index is 13.3. The number of hydrogen-bond acceptors (Lipinski definition) is 3. The predicted octanol–water partition coefficient (Wildman–Crippen LogP) is 4.26. The molecule has 0 fully saturated rings. The van der Waals surface area contributed by atoms with Gasteiger partial charge in [-0.2, -0.15) is 0 Å². The van der Waals surface area contributed by atoms with Crippen molar-refractivity contribution in [1.82, 2.24) is 5.32 Å². The summed E-state index contributed by atoms with van der Waals surface area (Å²) in [5.74, 6) is -1.01. The Bertz CT molecular complexity index is 806. The summed E-state index contributed by atoms with van der Waals surface area (Å²) in [4.78, 5) is 12.1. The molecular weight excluding hydrogens is 340 g/mol. The molecule has 4 nitrogen and oxygen atoms in total. The molecule has 2 aromatic rings. The Labute approximate surface area is 151 Å². The number of methoxy groups -OCH3 is 1. The molecule has 1 N–H and O–H groups in total. The first-order chi connectivity index (χ1) is 12.4. The van der Waals surface area contributed by atoms with Crippen molar-refractivity contribution in [3.05, 3.63) is 65.2 Å². The second-order valence-electron chi connectivity index (χ2n) is 5.58. The zero-order chi connectivity index (χ0) is 19.1. The monoisotopic (exact) mass is 361 g/mol. The van der Waals surface area contributed by atoms with Gasteiger partial charge in [0.25, 0.3) is 0 Å². The van der Waals surface area contributed by atoms with Crippen LogP contribution in [0.1, 0.15) is 31.0 Å². The predicted molar refractivity (Wildman–Crippen MR) is 96.1 cm³/mol. The van der Waals surface area contributed by atoms with Crippen molar-refractivity contribution in [2.24, 2.45) is 0 Å². The van der Waals surface area contributed by atoms with E-state index in [0.717, 1.165) is 17.7 Å². The Morgan fingerprint density at radius 3 is 2.58 bits per heavy atom. The van der Waals surface area contributed by atoms with E-state index >= 15 is 0 Å². The van der Waals surface area contributed by atoms with Crippen molar-refractivity contribution in [3.63, 3.8) is 0 Å². The van der Waals surface area contributed by atoms with Crippen molar-refractivity contribution in [2.45, 2.75) is 19.9 Å². The summed E-state index contributed by atoms with van der Waals surface area (Å²) in [6, 6.07) is 8.40. The molecule has 0 aliphatic rings. The Morgan fingerprint density at radius 1 is 1.15 bits per heavy atom. The first-order valence-corrected chi connectivity index (χ1v) is 8.19. The minimum Gasteiger partial charge on any atom is -0.493 e. The molecule has 0 bridgehead atoms. The van der Waals surface area contributed by atoms with Crippen LogP contribution in [0.5, 0.6) is 11.5 Å². The molecule has 0 aliphatic heterocycles. The van der Waals surface area contributed by atoms with E-state index in [4.69, 9.17) is 9.47 Å². The van der Waals surface area contributed by atoms with Crippen LogP contribution in [0.15, 0.2) is 42.5 Å². The van der Waals surface area contributed by atoms with Crippen molar-refractivity contribution < 1.29 is 23.0 Å². The quantitative estimate of drug-likeness (QED) is 0.750. The molecule has 0 radical (unpaired) electrons. The van der Waals surface area contributed by atoms with Crippen LogP contribution in [0, 0.1) is 11.6 Å². The van der Waals surface area contributed by atoms with Crippen LogP contribution < -0.4 is 14.8 Å². The summed E-state index contributed by atoms with van der Waals surface area (Å²) in [5, 5.41) is 2.70. The summed E-state index contributed by atoms with van der Waals surface area (Å²) in [5.41, 5.74) is 1.25. The molecule has 6 heteroatoms. The second kappa shape index (κ2) is 8.99. The number of ether oxygens (including phenoxy) is 2. The number of nitrogens with one attached hydrogen (secondary N) is 1. The maximum Gasteiger partial charge on any atom is 0.244 e. The molecule has 0 heterocycles. The third-order valence-corrected chi connectivity index (χ3v) is 3.72. The zero-order valence-corrected chi connectivity index (χ0v) is 14.9. The van der Waals surface area contributed by atoms with E-state index in [-0.39, 0.29) is 5.91 Å². The van der Waals surface area contributed by atoms with Crippen molar-refractivity contribution in [2.75, 3.05) is 13.7 Å². The van der Waals surface area contributed by atoms with E-state index in [1.165, 1.54) is 12.1 Å². The minimum atomic E-state index is -0.944. The van der Waals surface area contributed by atoms with Gasteiger partial charge in [-0.1, -0.05) is 12.1 Å². The number of carbonyl (C=O) groups is 1. The molecule has 1 atom stereocenters. The van der Waals surface area contributed by atoms with E-state index in [1.807, 2.05) is 6.92 Å². The molecule has 138 valence electrons. The largest absolute Gasteiger partial charge is 0.493 e. The van der Waals surface area contributed by atoms with Gasteiger partial charge in [-0.25, -0.2) is 8.78 Å². The first-order valence-electron chi connectivity index (χ1n) is 8.19. The highest BCUT2D eigenvalue weighted by Gasteiger charge is 2.11. The van der Waals surface area contributed by atoms with Gasteiger partial charge < -0.3 is 14.8 Å². The SMILES string of the molecule is CCOc1cc(/C=C/C(=O)NC(C)c2ccc(F)c(F)c2)ccc1OC. The Hall–Kier alpha value is -2.89. The molecule has 0 spiro atoms. The fourth-order valence-corrected chi connectivity index (χ4v) is 2.36. The van der Waals surface area contributed by atoms with E-state index in [9.17, 15) is 13.6 Å². The van der Waals surface area contributed by atoms with Gasteiger partial charge in [0.15, 0.2) is 23.1 Å². The van der Waals surface area contributed by atoms with Crippen molar-refractivity contribution >= 4 is 12.0 Å². The van der Waals surface area contributed by atoms with Gasteiger partial charge in [-0.3, -0.25) is 4.79 Å². The minimum absolute atomic E-state index is 0.351. The Kier molecular flexibility index (Phi) is 6.72. The Balaban J connectivity index is 2.04. The maximum absolute atomic E-state index is 13.3. The number of amides is 1. The number of carbonyl (C=O) groups excluding carboxylic acids is 1. The van der Waals surface area contributed by atoms with Crippen LogP contribution in [0.25, 0.3) is 6.08 Å². The lowest BCUT2D eigenvalue weighted by molar-refractivity contribution is -0.117. The third-order valence-electron chi connectivity index (χ3n) is 3.72. The smallest absolute Gasteiger partial charge is 0.244 e. The van der Waals surface area contributed by atoms with Gasteiger partial charge in [-0.15, -0.1) is 0 Å². The first kappa shape index (κ1) is 19.4. The van der Waals surface area contributed by atoms with Gasteiger partial charge in [-0.05, 0) is 55.3 Å². The molecule has 26 heavy (non-hydrogen) atoms. The summed E-state index contributed by atoms with van der Waals surface area (Å²) < 4.78 is 37.0. The molecule has 0 aromatic heterocycles. The molecule has 1 amide bonds. The third kappa shape index (κ3) is 5.05. The lowest BCUT2D eigenvalue weighted by Gasteiger charge is -2.13. The van der Waals surface area contributed by atoms with Crippen LogP contribution in [-0.2, 0) is 4.79 Å². The molecular formula is C20H21F2NO3. The summed E-state index contributed by atoms with van der Waals surface area (Å²) >= 11 is 0. The molecule has 0 saturated heterocycles. The highest BCUT2D eigenvalue weighted by atomic mass is 19.2. The van der Waals surface area contributed by atoms with Gasteiger partial charge in [0.1, 0.15) is 0 Å². The van der Waals surface area contributed by atoms with Gasteiger partial charge >= 0.3 is 0 Å². The van der Waals surface area contributed by atoms with E-state index < -0.39 is 17.7 Å². The highest BCUT2D eigenvalue weighted by Crippen LogP contribution is 2.28. The molecule has 2 rings (SSSR count). The molecule has 0 saturated carbocycles. The van der Waals surface area contributed by atoms with E-state index in [2.05, 4.69) is 5.32 Å². The van der Waals surface area contributed by atoms with Crippen LogP contribution in [0.3, 0.4) is 0 Å². The number of rotatable bonds is 7. The van der Waals surface area contributed by atoms with Crippen LogP contribution in [-0.4, -0.2) is 19.6 Å². The average molecular weight is 361 g/mol.